The Morgan fingerprint density at radius 2 is 2.05 bits per heavy atom. The monoisotopic (exact) mass is 568 g/mol. The number of phenols is 1. The lowest BCUT2D eigenvalue weighted by atomic mass is 9.50. The Labute approximate surface area is 245 Å². The first-order valence-electron chi connectivity index (χ1n) is 14.9. The average Bonchev–Trinajstić information content (AvgIpc) is 3.62. The van der Waals surface area contributed by atoms with Gasteiger partial charge < -0.3 is 23.9 Å². The lowest BCUT2D eigenvalue weighted by molar-refractivity contribution is -0.135. The molecule has 1 aromatic heterocycles. The van der Waals surface area contributed by atoms with E-state index in [2.05, 4.69) is 29.2 Å². The van der Waals surface area contributed by atoms with Crippen molar-refractivity contribution in [2.24, 2.45) is 5.92 Å². The summed E-state index contributed by atoms with van der Waals surface area (Å²) in [5, 5.41) is 11.3. The standard InChI is InChI=1S/C34H36N2O6/c1-21(37)41-29-19-28(38)24-18-27-25-9-10-26(35(2)30(39)11-8-23-13-17-40-20-23)33-34(25,31(24)32(29)42-33)14-16-36(27)15-12-22-6-4-3-5-7-22/h3-8,11,13,17,19-20,25-27,33,38H,9-10,12,14-16,18H2,1-2H3/b11-8+/t25-,26-,27+,33-,34-/m0/s1. The van der Waals surface area contributed by atoms with Crippen molar-refractivity contribution in [1.82, 2.24) is 9.80 Å². The number of nitrogens with zero attached hydrogens (tertiary/aromatic N) is 2. The van der Waals surface area contributed by atoms with E-state index >= 15 is 0 Å². The van der Waals surface area contributed by atoms with E-state index in [1.165, 1.54) is 18.6 Å². The van der Waals surface area contributed by atoms with Gasteiger partial charge in [-0.15, -0.1) is 0 Å². The normalized spacial score (nSPS) is 27.4. The molecular weight excluding hydrogens is 532 g/mol. The van der Waals surface area contributed by atoms with Gasteiger partial charge in [-0.1, -0.05) is 30.3 Å². The number of piperidine rings is 1. The van der Waals surface area contributed by atoms with Crippen molar-refractivity contribution in [3.05, 3.63) is 83.3 Å². The number of carbonyl (C=O) groups is 2. The minimum Gasteiger partial charge on any atom is -0.508 e. The number of furan rings is 1. The molecule has 218 valence electrons. The molecule has 0 radical (unpaired) electrons. The van der Waals surface area contributed by atoms with Gasteiger partial charge in [0.1, 0.15) is 11.9 Å². The van der Waals surface area contributed by atoms with Crippen LogP contribution < -0.4 is 9.47 Å². The smallest absolute Gasteiger partial charge is 0.308 e. The van der Waals surface area contributed by atoms with Gasteiger partial charge in [0.15, 0.2) is 11.5 Å². The van der Waals surface area contributed by atoms with Gasteiger partial charge in [-0.3, -0.25) is 14.5 Å². The third-order valence-electron chi connectivity index (χ3n) is 10.1. The van der Waals surface area contributed by atoms with Crippen molar-refractivity contribution < 1.29 is 28.6 Å². The number of phenolic OH excluding ortho intramolecular Hbond substituents is 1. The van der Waals surface area contributed by atoms with Gasteiger partial charge in [-0.05, 0) is 62.3 Å². The van der Waals surface area contributed by atoms with E-state index in [-0.39, 0.29) is 41.0 Å². The second-order valence-electron chi connectivity index (χ2n) is 12.1. The predicted molar refractivity (Wildman–Crippen MR) is 156 cm³/mol. The fourth-order valence-corrected chi connectivity index (χ4v) is 8.29. The molecule has 1 saturated carbocycles. The first-order chi connectivity index (χ1) is 20.4. The van der Waals surface area contributed by atoms with Gasteiger partial charge in [0, 0.05) is 60.8 Å². The number of hydrogen-bond acceptors (Lipinski definition) is 7. The molecule has 3 aromatic rings. The van der Waals surface area contributed by atoms with Crippen LogP contribution in [0.1, 0.15) is 48.4 Å². The maximum absolute atomic E-state index is 13.4. The highest BCUT2D eigenvalue weighted by molar-refractivity contribution is 5.92. The van der Waals surface area contributed by atoms with Gasteiger partial charge >= 0.3 is 5.97 Å². The number of amides is 1. The highest BCUT2D eigenvalue weighted by Gasteiger charge is 2.67. The Morgan fingerprint density at radius 1 is 1.21 bits per heavy atom. The van der Waals surface area contributed by atoms with Crippen LogP contribution in [0.4, 0.5) is 0 Å². The van der Waals surface area contributed by atoms with E-state index in [0.29, 0.717) is 11.7 Å². The molecule has 1 amide bonds. The zero-order chi connectivity index (χ0) is 29.0. The molecule has 1 N–H and O–H groups in total. The summed E-state index contributed by atoms with van der Waals surface area (Å²) in [5.74, 6) is 0.706. The van der Waals surface area contributed by atoms with Crippen molar-refractivity contribution in [3.8, 4) is 17.2 Å². The summed E-state index contributed by atoms with van der Waals surface area (Å²) < 4.78 is 17.5. The summed E-state index contributed by atoms with van der Waals surface area (Å²) >= 11 is 0. The number of likely N-dealkylation sites (tertiary alicyclic amines) is 1. The van der Waals surface area contributed by atoms with Crippen LogP contribution in [0.5, 0.6) is 17.2 Å². The molecule has 2 bridgehead atoms. The molecular formula is C34H36N2O6. The van der Waals surface area contributed by atoms with Crippen LogP contribution >= 0.6 is 0 Å². The zero-order valence-electron chi connectivity index (χ0n) is 24.0. The molecule has 7 rings (SSSR count). The Balaban J connectivity index is 1.25. The van der Waals surface area contributed by atoms with Crippen LogP contribution in [0.15, 0.2) is 65.5 Å². The third-order valence-corrected chi connectivity index (χ3v) is 10.1. The first kappa shape index (κ1) is 26.8. The molecule has 2 aliphatic carbocycles. The van der Waals surface area contributed by atoms with Crippen LogP contribution in [0.2, 0.25) is 0 Å². The zero-order valence-corrected chi connectivity index (χ0v) is 24.0. The molecule has 3 heterocycles. The molecule has 2 aliphatic heterocycles. The third kappa shape index (κ3) is 4.23. The summed E-state index contributed by atoms with van der Waals surface area (Å²) in [6.07, 6.45) is 10.5. The number of hydrogen-bond donors (Lipinski definition) is 1. The molecule has 2 aromatic carbocycles. The highest BCUT2D eigenvalue weighted by atomic mass is 16.6. The number of ether oxygens (including phenoxy) is 2. The van der Waals surface area contributed by atoms with E-state index in [1.807, 2.05) is 19.2 Å². The van der Waals surface area contributed by atoms with Gasteiger partial charge in [-0.2, -0.15) is 0 Å². The molecule has 8 heteroatoms. The van der Waals surface area contributed by atoms with Crippen LogP contribution in [0, 0.1) is 5.92 Å². The second-order valence-corrected chi connectivity index (χ2v) is 12.1. The number of aromatic hydroxyl groups is 1. The minimum absolute atomic E-state index is 0.105. The van der Waals surface area contributed by atoms with Gasteiger partial charge in [0.25, 0.3) is 0 Å². The van der Waals surface area contributed by atoms with E-state index in [4.69, 9.17) is 13.9 Å². The molecule has 0 unspecified atom stereocenters. The Hall–Kier alpha value is -4.04. The summed E-state index contributed by atoms with van der Waals surface area (Å²) in [7, 11) is 1.84. The minimum atomic E-state index is -0.462. The molecule has 2 fully saturated rings. The SMILES string of the molecule is CC(=O)Oc1cc(O)c2c3c1O[C@H]1[C@@H](N(C)C(=O)/C=C/c4ccoc4)CC[C@H]4[C@@H](C2)N(CCc2ccccc2)CC[C@@]341. The highest BCUT2D eigenvalue weighted by Crippen LogP contribution is 2.65. The maximum atomic E-state index is 13.4. The largest absolute Gasteiger partial charge is 0.508 e. The number of carbonyl (C=O) groups excluding carboxylic acids is 2. The van der Waals surface area contributed by atoms with Crippen LogP contribution in [-0.2, 0) is 27.8 Å². The van der Waals surface area contributed by atoms with Gasteiger partial charge in [0.2, 0.25) is 5.91 Å². The molecule has 1 saturated heterocycles. The summed E-state index contributed by atoms with van der Waals surface area (Å²) in [4.78, 5) is 29.9. The van der Waals surface area contributed by atoms with Crippen LogP contribution in [-0.4, -0.2) is 65.1 Å². The fraction of sp³-hybridized carbons (Fsp3) is 0.412. The summed E-state index contributed by atoms with van der Waals surface area (Å²) in [6, 6.07) is 14.0. The molecule has 1 spiro atoms. The first-order valence-corrected chi connectivity index (χ1v) is 14.9. The van der Waals surface area contributed by atoms with Crippen molar-refractivity contribution in [2.45, 2.75) is 62.6 Å². The maximum Gasteiger partial charge on any atom is 0.308 e. The van der Waals surface area contributed by atoms with Crippen molar-refractivity contribution in [2.75, 3.05) is 20.1 Å². The lowest BCUT2D eigenvalue weighted by Crippen LogP contribution is -2.69. The Kier molecular flexibility index (Phi) is 6.61. The average molecular weight is 569 g/mol. The molecule has 8 nitrogen and oxygen atoms in total. The quantitative estimate of drug-likeness (QED) is 0.250. The molecule has 5 atom stereocenters. The Bertz CT molecular complexity index is 1530. The fourth-order valence-electron chi connectivity index (χ4n) is 8.29. The lowest BCUT2D eigenvalue weighted by Gasteiger charge is -2.60. The molecule has 4 aliphatic rings. The van der Waals surface area contributed by atoms with Crippen LogP contribution in [0.25, 0.3) is 6.08 Å². The van der Waals surface area contributed by atoms with Gasteiger partial charge in [-0.25, -0.2) is 0 Å². The van der Waals surface area contributed by atoms with Crippen molar-refractivity contribution in [1.29, 1.82) is 0 Å². The second kappa shape index (κ2) is 10.3. The number of benzene rings is 2. The summed E-state index contributed by atoms with van der Waals surface area (Å²) in [6.45, 7) is 3.20. The molecule has 42 heavy (non-hydrogen) atoms. The predicted octanol–water partition coefficient (Wildman–Crippen LogP) is 4.73. The van der Waals surface area contributed by atoms with E-state index in [1.54, 1.807) is 29.6 Å². The number of rotatable bonds is 7. The van der Waals surface area contributed by atoms with Gasteiger partial charge in [0.05, 0.1) is 18.6 Å². The number of esters is 1. The van der Waals surface area contributed by atoms with Crippen molar-refractivity contribution >= 4 is 18.0 Å². The Morgan fingerprint density at radius 3 is 2.81 bits per heavy atom. The van der Waals surface area contributed by atoms with E-state index in [9.17, 15) is 14.7 Å². The topological polar surface area (TPSA) is 92.5 Å². The van der Waals surface area contributed by atoms with Crippen LogP contribution in [0.3, 0.4) is 0 Å². The number of likely N-dealkylation sites (N-methyl/N-ethyl adjacent to an activating group) is 1. The van der Waals surface area contributed by atoms with E-state index in [0.717, 1.165) is 61.9 Å². The van der Waals surface area contributed by atoms with Crippen molar-refractivity contribution in [3.63, 3.8) is 0 Å². The van der Waals surface area contributed by atoms with E-state index < -0.39 is 5.97 Å². The summed E-state index contributed by atoms with van der Waals surface area (Å²) in [5.41, 5.74) is 3.65.